The van der Waals surface area contributed by atoms with Crippen molar-refractivity contribution in [2.45, 2.75) is 0 Å². The van der Waals surface area contributed by atoms with Crippen LogP contribution in [0.2, 0.25) is 0 Å². The van der Waals surface area contributed by atoms with Gasteiger partial charge in [-0.05, 0) is 12.1 Å². The molecule has 0 saturated carbocycles. The molecule has 0 spiro atoms. The molecule has 23 heavy (non-hydrogen) atoms. The van der Waals surface area contributed by atoms with Crippen LogP contribution in [-0.2, 0) is 0 Å². The average Bonchev–Trinajstić information content (AvgIpc) is 3.17. The van der Waals surface area contributed by atoms with E-state index in [4.69, 9.17) is 0 Å². The SMILES string of the molecule is O=C(NCCNc1nc2ccccc2s1)c1csc([N+](=O)[O-])c1. The molecule has 3 aromatic rings. The molecule has 2 heterocycles. The minimum absolute atomic E-state index is 0.0391. The number of aromatic nitrogens is 1. The van der Waals surface area contributed by atoms with E-state index in [1.807, 2.05) is 24.3 Å². The van der Waals surface area contributed by atoms with Crippen molar-refractivity contribution in [2.75, 3.05) is 18.4 Å². The molecule has 1 aromatic carbocycles. The van der Waals surface area contributed by atoms with Gasteiger partial charge in [-0.25, -0.2) is 4.98 Å². The van der Waals surface area contributed by atoms with Crippen LogP contribution in [-0.4, -0.2) is 28.9 Å². The summed E-state index contributed by atoms with van der Waals surface area (Å²) in [4.78, 5) is 26.4. The fourth-order valence-electron chi connectivity index (χ4n) is 1.94. The first kappa shape index (κ1) is 15.4. The number of hydrogen-bond acceptors (Lipinski definition) is 7. The molecule has 2 N–H and O–H groups in total. The van der Waals surface area contributed by atoms with Crippen LogP contribution in [0.15, 0.2) is 35.7 Å². The Morgan fingerprint density at radius 3 is 2.87 bits per heavy atom. The first-order valence-corrected chi connectivity index (χ1v) is 8.43. The Hall–Kier alpha value is -2.52. The van der Waals surface area contributed by atoms with Crippen molar-refractivity contribution in [2.24, 2.45) is 0 Å². The van der Waals surface area contributed by atoms with E-state index in [1.54, 1.807) is 11.3 Å². The van der Waals surface area contributed by atoms with E-state index in [-0.39, 0.29) is 10.9 Å². The van der Waals surface area contributed by atoms with E-state index in [2.05, 4.69) is 15.6 Å². The summed E-state index contributed by atoms with van der Waals surface area (Å²) >= 11 is 2.49. The minimum atomic E-state index is -0.504. The van der Waals surface area contributed by atoms with Crippen LogP contribution in [0, 0.1) is 10.1 Å². The fourth-order valence-corrected chi connectivity index (χ4v) is 3.53. The summed E-state index contributed by atoms with van der Waals surface area (Å²) in [7, 11) is 0. The van der Waals surface area contributed by atoms with Gasteiger partial charge in [0.05, 0.1) is 20.7 Å². The molecule has 9 heteroatoms. The Bertz CT molecular complexity index is 825. The third kappa shape index (κ3) is 3.63. The van der Waals surface area contributed by atoms with Crippen LogP contribution in [0.1, 0.15) is 10.4 Å². The topological polar surface area (TPSA) is 97.2 Å². The molecule has 0 unspecified atom stereocenters. The highest BCUT2D eigenvalue weighted by Crippen LogP contribution is 2.25. The van der Waals surface area contributed by atoms with Gasteiger partial charge in [0.1, 0.15) is 0 Å². The van der Waals surface area contributed by atoms with Gasteiger partial charge in [-0.1, -0.05) is 34.8 Å². The summed E-state index contributed by atoms with van der Waals surface area (Å²) in [5.74, 6) is -0.319. The van der Waals surface area contributed by atoms with Gasteiger partial charge in [-0.2, -0.15) is 0 Å². The molecule has 7 nitrogen and oxygen atoms in total. The molecule has 118 valence electrons. The summed E-state index contributed by atoms with van der Waals surface area (Å²) in [5, 5.41) is 18.7. The molecule has 0 saturated heterocycles. The third-order valence-corrected chi connectivity index (χ3v) is 4.88. The van der Waals surface area contributed by atoms with Crippen LogP contribution in [0.4, 0.5) is 10.1 Å². The highest BCUT2D eigenvalue weighted by atomic mass is 32.1. The summed E-state index contributed by atoms with van der Waals surface area (Å²) in [5.41, 5.74) is 1.25. The molecule has 0 aliphatic carbocycles. The predicted molar refractivity (Wildman–Crippen MR) is 91.4 cm³/mol. The number of para-hydroxylation sites is 1. The second-order valence-corrected chi connectivity index (χ2v) is 6.52. The van der Waals surface area contributed by atoms with Gasteiger partial charge in [-0.15, -0.1) is 0 Å². The number of nitrogens with one attached hydrogen (secondary N) is 2. The van der Waals surface area contributed by atoms with Crippen molar-refractivity contribution in [3.63, 3.8) is 0 Å². The number of amides is 1. The number of fused-ring (bicyclic) bond motifs is 1. The number of thiazole rings is 1. The maximum atomic E-state index is 11.9. The van der Waals surface area contributed by atoms with Crippen molar-refractivity contribution in [1.29, 1.82) is 0 Å². The smallest absolute Gasteiger partial charge is 0.324 e. The number of carbonyl (C=O) groups is 1. The molecule has 0 aliphatic heterocycles. The predicted octanol–water partition coefficient (Wildman–Crippen LogP) is 3.11. The van der Waals surface area contributed by atoms with Crippen LogP contribution >= 0.6 is 22.7 Å². The lowest BCUT2D eigenvalue weighted by atomic mass is 10.3. The van der Waals surface area contributed by atoms with Crippen LogP contribution < -0.4 is 10.6 Å². The van der Waals surface area contributed by atoms with Crippen molar-refractivity contribution < 1.29 is 9.72 Å². The number of nitro groups is 1. The summed E-state index contributed by atoms with van der Waals surface area (Å²) < 4.78 is 1.10. The average molecular weight is 348 g/mol. The van der Waals surface area contributed by atoms with Crippen molar-refractivity contribution in [3.8, 4) is 0 Å². The Kier molecular flexibility index (Phi) is 4.49. The summed E-state index contributed by atoms with van der Waals surface area (Å²) in [6, 6.07) is 9.13. The number of nitrogens with zero attached hydrogens (tertiary/aromatic N) is 2. The van der Waals surface area contributed by atoms with Gasteiger partial charge in [0.15, 0.2) is 5.13 Å². The highest BCUT2D eigenvalue weighted by Gasteiger charge is 2.14. The van der Waals surface area contributed by atoms with Crippen LogP contribution in [0.25, 0.3) is 10.2 Å². The van der Waals surface area contributed by atoms with E-state index >= 15 is 0 Å². The van der Waals surface area contributed by atoms with Gasteiger partial charge in [-0.3, -0.25) is 14.9 Å². The monoisotopic (exact) mass is 348 g/mol. The zero-order chi connectivity index (χ0) is 16.2. The molecular formula is C14H12N4O3S2. The Morgan fingerprint density at radius 1 is 1.30 bits per heavy atom. The minimum Gasteiger partial charge on any atom is -0.360 e. The van der Waals surface area contributed by atoms with Crippen molar-refractivity contribution >= 4 is 48.9 Å². The highest BCUT2D eigenvalue weighted by molar-refractivity contribution is 7.22. The van der Waals surface area contributed by atoms with Gasteiger partial charge < -0.3 is 10.6 Å². The lowest BCUT2D eigenvalue weighted by Crippen LogP contribution is -2.28. The van der Waals surface area contributed by atoms with Gasteiger partial charge in [0.2, 0.25) is 0 Å². The first-order chi connectivity index (χ1) is 11.1. The summed E-state index contributed by atoms with van der Waals surface area (Å²) in [6.45, 7) is 0.927. The summed E-state index contributed by atoms with van der Waals surface area (Å²) in [6.07, 6.45) is 0. The van der Waals surface area contributed by atoms with Crippen LogP contribution in [0.5, 0.6) is 0 Å². The quantitative estimate of drug-likeness (QED) is 0.405. The molecule has 3 rings (SSSR count). The lowest BCUT2D eigenvalue weighted by molar-refractivity contribution is -0.380. The number of rotatable bonds is 6. The number of carbonyl (C=O) groups excluding carboxylic acids is 1. The molecule has 2 aromatic heterocycles. The Morgan fingerprint density at radius 2 is 2.13 bits per heavy atom. The molecule has 0 bridgehead atoms. The van der Waals surface area contributed by atoms with E-state index in [0.717, 1.165) is 26.7 Å². The fraction of sp³-hybridized carbons (Fsp3) is 0.143. The van der Waals surface area contributed by atoms with Gasteiger partial charge in [0, 0.05) is 24.5 Å². The van der Waals surface area contributed by atoms with Crippen LogP contribution in [0.3, 0.4) is 0 Å². The zero-order valence-electron chi connectivity index (χ0n) is 11.8. The van der Waals surface area contributed by atoms with Gasteiger partial charge in [0.25, 0.3) is 5.91 Å². The molecular weight excluding hydrogens is 336 g/mol. The maximum Gasteiger partial charge on any atom is 0.324 e. The lowest BCUT2D eigenvalue weighted by Gasteiger charge is -2.04. The second kappa shape index (κ2) is 6.71. The normalized spacial score (nSPS) is 10.6. The van der Waals surface area contributed by atoms with Crippen molar-refractivity contribution in [3.05, 3.63) is 51.4 Å². The molecule has 0 fully saturated rings. The zero-order valence-corrected chi connectivity index (χ0v) is 13.4. The number of anilines is 1. The van der Waals surface area contributed by atoms with E-state index in [1.165, 1.54) is 11.4 Å². The number of thiophene rings is 1. The first-order valence-electron chi connectivity index (χ1n) is 6.74. The van der Waals surface area contributed by atoms with E-state index < -0.39 is 4.92 Å². The molecule has 0 radical (unpaired) electrons. The molecule has 0 aliphatic rings. The third-order valence-electron chi connectivity index (χ3n) is 3.01. The van der Waals surface area contributed by atoms with E-state index in [0.29, 0.717) is 18.7 Å². The standard InChI is InChI=1S/C14H12N4O3S2/c19-13(9-7-12(18(20)21)22-8-9)15-5-6-16-14-17-10-3-1-2-4-11(10)23-14/h1-4,7-8H,5-6H2,(H,15,19)(H,16,17). The molecule has 1 amide bonds. The van der Waals surface area contributed by atoms with E-state index in [9.17, 15) is 14.9 Å². The van der Waals surface area contributed by atoms with Crippen molar-refractivity contribution in [1.82, 2.24) is 10.3 Å². The number of hydrogen-bond donors (Lipinski definition) is 2. The van der Waals surface area contributed by atoms with Gasteiger partial charge >= 0.3 is 5.00 Å². The largest absolute Gasteiger partial charge is 0.360 e. The Balaban J connectivity index is 1.49. The molecule has 0 atom stereocenters. The second-order valence-electron chi connectivity index (χ2n) is 4.60. The number of benzene rings is 1. The maximum absolute atomic E-state index is 11.9. The Labute approximate surface area is 139 Å².